The van der Waals surface area contributed by atoms with Gasteiger partial charge in [-0.05, 0) is 12.0 Å². The van der Waals surface area contributed by atoms with Gasteiger partial charge in [-0.2, -0.15) is 0 Å². The minimum absolute atomic E-state index is 0.0641. The van der Waals surface area contributed by atoms with Gasteiger partial charge in [-0.1, -0.05) is 30.3 Å². The van der Waals surface area contributed by atoms with E-state index >= 15 is 0 Å². The Hall–Kier alpha value is -0.960. The first-order valence-electron chi connectivity index (χ1n) is 4.71. The van der Waals surface area contributed by atoms with E-state index in [4.69, 9.17) is 5.73 Å². The highest BCUT2D eigenvalue weighted by Gasteiger charge is 2.69. The lowest BCUT2D eigenvalue weighted by atomic mass is 9.96. The Morgan fingerprint density at radius 3 is 2.21 bits per heavy atom. The number of halogens is 2. The summed E-state index contributed by atoms with van der Waals surface area (Å²) >= 11 is 0. The van der Waals surface area contributed by atoms with Gasteiger partial charge in [-0.25, -0.2) is 8.78 Å². The third-order valence-electron chi connectivity index (χ3n) is 2.99. The van der Waals surface area contributed by atoms with Gasteiger partial charge in [0.15, 0.2) is 0 Å². The van der Waals surface area contributed by atoms with Gasteiger partial charge in [-0.15, -0.1) is 0 Å². The third kappa shape index (κ3) is 1.42. The summed E-state index contributed by atoms with van der Waals surface area (Å²) in [5, 5.41) is 0. The maximum Gasteiger partial charge on any atom is 0.256 e. The molecule has 1 aliphatic rings. The fraction of sp³-hybridized carbons (Fsp3) is 0.455. The molecule has 0 aliphatic heterocycles. The van der Waals surface area contributed by atoms with Crippen LogP contribution in [0.4, 0.5) is 8.78 Å². The van der Waals surface area contributed by atoms with Crippen molar-refractivity contribution in [1.29, 1.82) is 0 Å². The van der Waals surface area contributed by atoms with Crippen LogP contribution in [0.2, 0.25) is 0 Å². The van der Waals surface area contributed by atoms with Gasteiger partial charge in [-0.3, -0.25) is 0 Å². The van der Waals surface area contributed by atoms with Crippen LogP contribution in [-0.2, 0) is 6.42 Å². The van der Waals surface area contributed by atoms with Gasteiger partial charge in [0, 0.05) is 13.0 Å². The maximum absolute atomic E-state index is 13.1. The van der Waals surface area contributed by atoms with E-state index in [2.05, 4.69) is 0 Å². The van der Waals surface area contributed by atoms with E-state index in [0.29, 0.717) is 6.42 Å². The molecule has 1 aromatic carbocycles. The van der Waals surface area contributed by atoms with Crippen LogP contribution in [-0.4, -0.2) is 12.5 Å². The summed E-state index contributed by atoms with van der Waals surface area (Å²) in [6, 6.07) is 9.33. The van der Waals surface area contributed by atoms with Gasteiger partial charge in [0.25, 0.3) is 5.92 Å². The first kappa shape index (κ1) is 9.59. The first-order valence-corrected chi connectivity index (χ1v) is 4.71. The molecule has 1 aromatic rings. The molecule has 0 spiro atoms. The minimum atomic E-state index is -2.56. The molecule has 3 heteroatoms. The highest BCUT2D eigenvalue weighted by atomic mass is 19.3. The Kier molecular flexibility index (Phi) is 2.07. The summed E-state index contributed by atoms with van der Waals surface area (Å²) in [5.41, 5.74) is 5.39. The number of nitrogens with two attached hydrogens (primary N) is 1. The maximum atomic E-state index is 13.1. The number of rotatable bonds is 3. The second-order valence-electron chi connectivity index (χ2n) is 4.03. The average molecular weight is 197 g/mol. The zero-order chi connectivity index (χ0) is 10.2. The summed E-state index contributed by atoms with van der Waals surface area (Å²) in [6.45, 7) is 0.0644. The molecule has 1 saturated carbocycles. The normalized spacial score (nSPS) is 28.8. The van der Waals surface area contributed by atoms with Crippen molar-refractivity contribution in [3.05, 3.63) is 35.9 Å². The number of benzene rings is 1. The molecule has 1 nitrogen and oxygen atoms in total. The summed E-state index contributed by atoms with van der Waals surface area (Å²) in [4.78, 5) is 0. The van der Waals surface area contributed by atoms with E-state index in [-0.39, 0.29) is 13.0 Å². The lowest BCUT2D eigenvalue weighted by molar-refractivity contribution is 0.0666. The number of hydrogen-bond donors (Lipinski definition) is 1. The summed E-state index contributed by atoms with van der Waals surface area (Å²) < 4.78 is 26.1. The zero-order valence-corrected chi connectivity index (χ0v) is 7.84. The number of hydrogen-bond acceptors (Lipinski definition) is 1. The van der Waals surface area contributed by atoms with E-state index in [1.54, 1.807) is 0 Å². The van der Waals surface area contributed by atoms with E-state index < -0.39 is 11.3 Å². The van der Waals surface area contributed by atoms with E-state index in [9.17, 15) is 8.78 Å². The molecule has 0 aromatic heterocycles. The number of alkyl halides is 2. The molecule has 76 valence electrons. The lowest BCUT2D eigenvalue weighted by Crippen LogP contribution is -2.24. The molecule has 0 bridgehead atoms. The quantitative estimate of drug-likeness (QED) is 0.790. The standard InChI is InChI=1S/C11H13F2N/c12-11(13)7-10(11,8-14)6-9-4-2-1-3-5-9/h1-5H,6-8,14H2. The van der Waals surface area contributed by atoms with Crippen molar-refractivity contribution < 1.29 is 8.78 Å². The third-order valence-corrected chi connectivity index (χ3v) is 2.99. The SMILES string of the molecule is NCC1(Cc2ccccc2)CC1(F)F. The van der Waals surface area contributed by atoms with Crippen LogP contribution < -0.4 is 5.73 Å². The van der Waals surface area contributed by atoms with E-state index in [1.165, 1.54) is 0 Å². The van der Waals surface area contributed by atoms with Crippen molar-refractivity contribution in [2.45, 2.75) is 18.8 Å². The molecule has 1 fully saturated rings. The van der Waals surface area contributed by atoms with Gasteiger partial charge in [0.1, 0.15) is 0 Å². The first-order chi connectivity index (χ1) is 6.60. The largest absolute Gasteiger partial charge is 0.330 e. The minimum Gasteiger partial charge on any atom is -0.330 e. The van der Waals surface area contributed by atoms with Crippen LogP contribution in [0, 0.1) is 5.41 Å². The van der Waals surface area contributed by atoms with Crippen LogP contribution in [0.5, 0.6) is 0 Å². The smallest absolute Gasteiger partial charge is 0.256 e. The van der Waals surface area contributed by atoms with Crippen molar-refractivity contribution in [3.8, 4) is 0 Å². The fourth-order valence-corrected chi connectivity index (χ4v) is 1.85. The Labute approximate surface area is 81.9 Å². The Morgan fingerprint density at radius 1 is 1.21 bits per heavy atom. The molecule has 14 heavy (non-hydrogen) atoms. The predicted molar refractivity (Wildman–Crippen MR) is 51.2 cm³/mol. The van der Waals surface area contributed by atoms with Gasteiger partial charge in [0.2, 0.25) is 0 Å². The van der Waals surface area contributed by atoms with Crippen LogP contribution in [0.3, 0.4) is 0 Å². The van der Waals surface area contributed by atoms with Crippen molar-refractivity contribution >= 4 is 0 Å². The molecule has 0 saturated heterocycles. The lowest BCUT2D eigenvalue weighted by Gasteiger charge is -2.13. The molecule has 0 heterocycles. The summed E-state index contributed by atoms with van der Waals surface area (Å²) in [7, 11) is 0. The molecule has 2 N–H and O–H groups in total. The Balaban J connectivity index is 2.12. The van der Waals surface area contributed by atoms with Crippen LogP contribution in [0.15, 0.2) is 30.3 Å². The Bertz CT molecular complexity index is 323. The summed E-state index contributed by atoms with van der Waals surface area (Å²) in [5.74, 6) is -2.56. The van der Waals surface area contributed by atoms with Crippen LogP contribution in [0.1, 0.15) is 12.0 Å². The molecule has 1 unspecified atom stereocenters. The van der Waals surface area contributed by atoms with Crippen molar-refractivity contribution in [3.63, 3.8) is 0 Å². The molecular formula is C11H13F2N. The fourth-order valence-electron chi connectivity index (χ4n) is 1.85. The monoisotopic (exact) mass is 197 g/mol. The van der Waals surface area contributed by atoms with E-state index in [0.717, 1.165) is 5.56 Å². The molecule has 0 radical (unpaired) electrons. The van der Waals surface area contributed by atoms with Crippen molar-refractivity contribution in [1.82, 2.24) is 0 Å². The molecule has 1 atom stereocenters. The van der Waals surface area contributed by atoms with Crippen molar-refractivity contribution in [2.75, 3.05) is 6.54 Å². The van der Waals surface area contributed by atoms with Gasteiger partial charge >= 0.3 is 0 Å². The Morgan fingerprint density at radius 2 is 1.79 bits per heavy atom. The average Bonchev–Trinajstić information content (AvgIpc) is 2.70. The van der Waals surface area contributed by atoms with Crippen molar-refractivity contribution in [2.24, 2.45) is 11.1 Å². The predicted octanol–water partition coefficient (Wildman–Crippen LogP) is 2.21. The van der Waals surface area contributed by atoms with Crippen LogP contribution in [0.25, 0.3) is 0 Å². The van der Waals surface area contributed by atoms with Crippen LogP contribution >= 0.6 is 0 Å². The highest BCUT2D eigenvalue weighted by Crippen LogP contribution is 2.61. The molecular weight excluding hydrogens is 184 g/mol. The molecule has 2 rings (SSSR count). The summed E-state index contributed by atoms with van der Waals surface area (Å²) in [6.07, 6.45) is 0.322. The zero-order valence-electron chi connectivity index (χ0n) is 7.84. The van der Waals surface area contributed by atoms with Gasteiger partial charge in [0.05, 0.1) is 5.41 Å². The topological polar surface area (TPSA) is 26.0 Å². The molecule has 1 aliphatic carbocycles. The van der Waals surface area contributed by atoms with E-state index in [1.807, 2.05) is 30.3 Å². The highest BCUT2D eigenvalue weighted by molar-refractivity contribution is 5.23. The second-order valence-corrected chi connectivity index (χ2v) is 4.03. The van der Waals surface area contributed by atoms with Gasteiger partial charge < -0.3 is 5.73 Å². The molecule has 0 amide bonds. The second kappa shape index (κ2) is 3.02.